The number of aromatic nitrogens is 1. The molecule has 1 aliphatic rings. The summed E-state index contributed by atoms with van der Waals surface area (Å²) in [6.07, 6.45) is 2.08. The monoisotopic (exact) mass is 348 g/mol. The Balaban J connectivity index is 1.84. The van der Waals surface area contributed by atoms with E-state index in [2.05, 4.69) is 4.98 Å². The van der Waals surface area contributed by atoms with Crippen molar-refractivity contribution in [3.63, 3.8) is 0 Å². The highest BCUT2D eigenvalue weighted by Gasteiger charge is 2.32. The summed E-state index contributed by atoms with van der Waals surface area (Å²) in [4.78, 5) is 19.9. The predicted octanol–water partition coefficient (Wildman–Crippen LogP) is 3.63. The lowest BCUT2D eigenvalue weighted by Crippen LogP contribution is -2.37. The van der Waals surface area contributed by atoms with Crippen molar-refractivity contribution in [2.45, 2.75) is 45.3 Å². The number of likely N-dealkylation sites (tertiary alicyclic amines) is 1. The summed E-state index contributed by atoms with van der Waals surface area (Å²) in [5.41, 5.74) is 1.51. The quantitative estimate of drug-likeness (QED) is 0.918. The van der Waals surface area contributed by atoms with Crippen molar-refractivity contribution in [1.29, 1.82) is 0 Å². The molecule has 1 N–H and O–H groups in total. The minimum Gasteiger partial charge on any atom is -0.393 e. The van der Waals surface area contributed by atoms with E-state index in [0.29, 0.717) is 17.0 Å². The number of carbonyl (C=O) groups excluding carboxylic acids is 1. The third-order valence-corrected chi connectivity index (χ3v) is 5.53. The average Bonchev–Trinajstić information content (AvgIpc) is 3.13. The third kappa shape index (κ3) is 3.49. The molecule has 2 unspecified atom stereocenters. The first-order chi connectivity index (χ1) is 11.5. The summed E-state index contributed by atoms with van der Waals surface area (Å²) in [6, 6.07) is 6.23. The number of rotatable bonds is 4. The lowest BCUT2D eigenvalue weighted by Gasteiger charge is -2.25. The molecule has 0 aliphatic carbocycles. The number of hydrogen-bond donors (Lipinski definition) is 1. The smallest absolute Gasteiger partial charge is 0.266 e. The molecule has 1 saturated heterocycles. The van der Waals surface area contributed by atoms with E-state index in [-0.39, 0.29) is 17.8 Å². The lowest BCUT2D eigenvalue weighted by molar-refractivity contribution is 0.0686. The van der Waals surface area contributed by atoms with E-state index in [4.69, 9.17) is 0 Å². The molecule has 6 heteroatoms. The van der Waals surface area contributed by atoms with E-state index in [0.717, 1.165) is 30.0 Å². The fraction of sp³-hybridized carbons (Fsp3) is 0.444. The third-order valence-electron chi connectivity index (χ3n) is 4.33. The summed E-state index contributed by atoms with van der Waals surface area (Å²) < 4.78 is 13.1. The van der Waals surface area contributed by atoms with Gasteiger partial charge in [0.1, 0.15) is 15.7 Å². The van der Waals surface area contributed by atoms with E-state index in [1.54, 1.807) is 19.1 Å². The highest BCUT2D eigenvalue weighted by molar-refractivity contribution is 7.17. The Bertz CT molecular complexity index is 727. The van der Waals surface area contributed by atoms with Gasteiger partial charge in [0.05, 0.1) is 11.8 Å². The molecular formula is C18H21FN2O2S. The Morgan fingerprint density at radius 1 is 1.46 bits per heavy atom. The van der Waals surface area contributed by atoms with Gasteiger partial charge < -0.3 is 10.0 Å². The molecule has 1 aromatic heterocycles. The Morgan fingerprint density at radius 2 is 2.17 bits per heavy atom. The highest BCUT2D eigenvalue weighted by Crippen LogP contribution is 2.31. The second-order valence-electron chi connectivity index (χ2n) is 6.32. The summed E-state index contributed by atoms with van der Waals surface area (Å²) in [5, 5.41) is 10.4. The molecule has 0 saturated carbocycles. The Morgan fingerprint density at radius 3 is 2.83 bits per heavy atom. The Hall–Kier alpha value is -1.79. The van der Waals surface area contributed by atoms with Crippen molar-refractivity contribution in [1.82, 2.24) is 9.88 Å². The molecule has 0 radical (unpaired) electrons. The molecule has 0 spiro atoms. The summed E-state index contributed by atoms with van der Waals surface area (Å²) in [5.74, 6) is -0.303. The molecule has 3 rings (SSSR count). The average molecular weight is 348 g/mol. The van der Waals surface area contributed by atoms with Gasteiger partial charge in [0, 0.05) is 18.2 Å². The van der Waals surface area contributed by atoms with Gasteiger partial charge >= 0.3 is 0 Å². The largest absolute Gasteiger partial charge is 0.393 e. The van der Waals surface area contributed by atoms with Gasteiger partial charge in [-0.15, -0.1) is 11.3 Å². The molecule has 4 nitrogen and oxygen atoms in total. The van der Waals surface area contributed by atoms with Crippen molar-refractivity contribution >= 4 is 17.2 Å². The van der Waals surface area contributed by atoms with E-state index in [1.807, 2.05) is 11.8 Å². The number of carbonyl (C=O) groups is 1. The molecule has 2 heterocycles. The van der Waals surface area contributed by atoms with Crippen LogP contribution in [0.5, 0.6) is 0 Å². The van der Waals surface area contributed by atoms with E-state index < -0.39 is 6.10 Å². The number of aryl methyl sites for hydroxylation is 1. The molecule has 2 atom stereocenters. The van der Waals surface area contributed by atoms with Crippen molar-refractivity contribution in [3.05, 3.63) is 40.7 Å². The van der Waals surface area contributed by atoms with Crippen LogP contribution in [0.1, 0.15) is 41.6 Å². The molecule has 1 aliphatic heterocycles. The van der Waals surface area contributed by atoms with Gasteiger partial charge in [-0.25, -0.2) is 9.37 Å². The lowest BCUT2D eigenvalue weighted by atomic mass is 10.1. The van der Waals surface area contributed by atoms with Crippen molar-refractivity contribution in [3.8, 4) is 10.6 Å². The second kappa shape index (κ2) is 6.99. The van der Waals surface area contributed by atoms with Crippen LogP contribution < -0.4 is 0 Å². The second-order valence-corrected chi connectivity index (χ2v) is 7.32. The molecule has 24 heavy (non-hydrogen) atoms. The van der Waals surface area contributed by atoms with Crippen molar-refractivity contribution in [2.75, 3.05) is 6.54 Å². The Kier molecular flexibility index (Phi) is 4.96. The fourth-order valence-corrected chi connectivity index (χ4v) is 4.21. The van der Waals surface area contributed by atoms with Crippen LogP contribution in [-0.4, -0.2) is 39.6 Å². The highest BCUT2D eigenvalue weighted by atomic mass is 32.1. The van der Waals surface area contributed by atoms with Crippen LogP contribution in [-0.2, 0) is 0 Å². The maximum atomic E-state index is 13.1. The van der Waals surface area contributed by atoms with E-state index in [1.165, 1.54) is 23.5 Å². The first kappa shape index (κ1) is 17.0. The number of aliphatic hydroxyl groups excluding tert-OH is 1. The minimum absolute atomic E-state index is 0.0125. The predicted molar refractivity (Wildman–Crippen MR) is 92.6 cm³/mol. The molecule has 1 amide bonds. The van der Waals surface area contributed by atoms with Gasteiger partial charge in [-0.2, -0.15) is 0 Å². The molecular weight excluding hydrogens is 327 g/mol. The Labute approximate surface area is 145 Å². The number of benzene rings is 1. The van der Waals surface area contributed by atoms with Crippen LogP contribution in [0.4, 0.5) is 4.39 Å². The van der Waals surface area contributed by atoms with Gasteiger partial charge in [-0.1, -0.05) is 0 Å². The number of aliphatic hydroxyl groups is 1. The summed E-state index contributed by atoms with van der Waals surface area (Å²) in [7, 11) is 0. The topological polar surface area (TPSA) is 53.4 Å². The van der Waals surface area contributed by atoms with Crippen molar-refractivity contribution in [2.24, 2.45) is 0 Å². The maximum Gasteiger partial charge on any atom is 0.266 e. The first-order valence-corrected chi connectivity index (χ1v) is 8.99. The normalized spacial score (nSPS) is 18.8. The van der Waals surface area contributed by atoms with Crippen LogP contribution in [0.25, 0.3) is 10.6 Å². The minimum atomic E-state index is -0.416. The van der Waals surface area contributed by atoms with Crippen LogP contribution in [0.15, 0.2) is 24.3 Å². The van der Waals surface area contributed by atoms with Crippen LogP contribution in [0.3, 0.4) is 0 Å². The molecule has 2 aromatic rings. The number of hydrogen-bond acceptors (Lipinski definition) is 4. The van der Waals surface area contributed by atoms with E-state index in [9.17, 15) is 14.3 Å². The number of amides is 1. The van der Waals surface area contributed by atoms with Crippen LogP contribution >= 0.6 is 11.3 Å². The van der Waals surface area contributed by atoms with Gasteiger partial charge in [0.15, 0.2) is 0 Å². The fourth-order valence-electron chi connectivity index (χ4n) is 3.18. The van der Waals surface area contributed by atoms with Gasteiger partial charge in [-0.05, 0) is 57.4 Å². The van der Waals surface area contributed by atoms with Crippen LogP contribution in [0, 0.1) is 12.7 Å². The number of nitrogens with zero attached hydrogens (tertiary/aromatic N) is 2. The first-order valence-electron chi connectivity index (χ1n) is 8.18. The van der Waals surface area contributed by atoms with Gasteiger partial charge in [0.2, 0.25) is 0 Å². The molecule has 1 aromatic carbocycles. The van der Waals surface area contributed by atoms with Gasteiger partial charge in [0.25, 0.3) is 5.91 Å². The number of halogens is 1. The zero-order valence-electron chi connectivity index (χ0n) is 13.8. The SMILES string of the molecule is Cc1nc(-c2ccc(F)cc2)sc1C(=O)N1CCCC1CC(C)O. The summed E-state index contributed by atoms with van der Waals surface area (Å²) in [6.45, 7) is 4.31. The summed E-state index contributed by atoms with van der Waals surface area (Å²) >= 11 is 1.35. The molecule has 1 fully saturated rings. The zero-order valence-corrected chi connectivity index (χ0v) is 14.6. The number of thiazole rings is 1. The maximum absolute atomic E-state index is 13.1. The van der Waals surface area contributed by atoms with E-state index >= 15 is 0 Å². The standard InChI is InChI=1S/C18H21FN2O2S/c1-11(22)10-15-4-3-9-21(15)18(23)16-12(2)20-17(24-16)13-5-7-14(19)8-6-13/h5-8,11,15,22H,3-4,9-10H2,1-2H3. The van der Waals surface area contributed by atoms with Gasteiger partial charge in [-0.3, -0.25) is 4.79 Å². The van der Waals surface area contributed by atoms with Crippen LogP contribution in [0.2, 0.25) is 0 Å². The molecule has 128 valence electrons. The van der Waals surface area contributed by atoms with Crippen molar-refractivity contribution < 1.29 is 14.3 Å². The molecule has 0 bridgehead atoms. The zero-order chi connectivity index (χ0) is 17.3.